The summed E-state index contributed by atoms with van der Waals surface area (Å²) in [6.45, 7) is 3.09. The molecule has 3 atom stereocenters. The van der Waals surface area contributed by atoms with E-state index in [1.165, 1.54) is 0 Å². The lowest BCUT2D eigenvalue weighted by Gasteiger charge is -2.29. The first-order valence-electron chi connectivity index (χ1n) is 7.15. The first-order chi connectivity index (χ1) is 8.48. The molecule has 3 unspecified atom stereocenters. The zero-order valence-electron chi connectivity index (χ0n) is 10.9. The zero-order chi connectivity index (χ0) is 12.9. The lowest BCUT2D eigenvalue weighted by Crippen LogP contribution is -2.35. The number of piperidine rings is 1. The van der Waals surface area contributed by atoms with Crippen LogP contribution in [0.15, 0.2) is 0 Å². The fourth-order valence-corrected chi connectivity index (χ4v) is 3.87. The minimum Gasteiger partial charge on any atom is -0.339 e. The van der Waals surface area contributed by atoms with Crippen molar-refractivity contribution in [1.29, 1.82) is 0 Å². The Bertz CT molecular complexity index is 348. The number of halogens is 2. The molecule has 2 saturated carbocycles. The van der Waals surface area contributed by atoms with Gasteiger partial charge < -0.3 is 4.90 Å². The highest BCUT2D eigenvalue weighted by Gasteiger charge is 2.55. The topological polar surface area (TPSA) is 20.3 Å². The minimum atomic E-state index is -2.48. The van der Waals surface area contributed by atoms with Crippen molar-refractivity contribution in [3.63, 3.8) is 0 Å². The molecule has 102 valence electrons. The molecule has 1 aliphatic heterocycles. The Kier molecular flexibility index (Phi) is 2.87. The van der Waals surface area contributed by atoms with Crippen molar-refractivity contribution >= 4 is 5.91 Å². The van der Waals surface area contributed by atoms with Gasteiger partial charge in [0.15, 0.2) is 0 Å². The third kappa shape index (κ3) is 2.14. The Morgan fingerprint density at radius 1 is 1.28 bits per heavy atom. The van der Waals surface area contributed by atoms with Crippen molar-refractivity contribution in [3.8, 4) is 0 Å². The molecule has 0 radical (unpaired) electrons. The SMILES string of the molecule is CC1C2CCN(C(=O)CC3CCC(F)(F)CC3)C12. The fourth-order valence-electron chi connectivity index (χ4n) is 3.87. The molecule has 4 heteroatoms. The minimum absolute atomic E-state index is 0.0343. The largest absolute Gasteiger partial charge is 0.339 e. The van der Waals surface area contributed by atoms with Gasteiger partial charge >= 0.3 is 0 Å². The van der Waals surface area contributed by atoms with E-state index in [0.29, 0.717) is 31.2 Å². The maximum Gasteiger partial charge on any atom is 0.248 e. The summed E-state index contributed by atoms with van der Waals surface area (Å²) < 4.78 is 26.1. The molecule has 18 heavy (non-hydrogen) atoms. The summed E-state index contributed by atoms with van der Waals surface area (Å²) in [6, 6.07) is 0.475. The lowest BCUT2D eigenvalue weighted by molar-refractivity contribution is -0.133. The van der Waals surface area contributed by atoms with Crippen molar-refractivity contribution in [3.05, 3.63) is 0 Å². The summed E-state index contributed by atoms with van der Waals surface area (Å²) in [5.41, 5.74) is 0. The van der Waals surface area contributed by atoms with Gasteiger partial charge in [-0.1, -0.05) is 6.92 Å². The number of carbonyl (C=O) groups excluding carboxylic acids is 1. The highest BCUT2D eigenvalue weighted by atomic mass is 19.3. The molecule has 0 N–H and O–H groups in total. The molecular weight excluding hydrogens is 236 g/mol. The molecular formula is C14H21F2NO. The van der Waals surface area contributed by atoms with Gasteiger partial charge in [0.1, 0.15) is 0 Å². The predicted octanol–water partition coefficient (Wildman–Crippen LogP) is 3.07. The van der Waals surface area contributed by atoms with Gasteiger partial charge in [-0.3, -0.25) is 4.79 Å². The van der Waals surface area contributed by atoms with Gasteiger partial charge in [-0.25, -0.2) is 8.78 Å². The van der Waals surface area contributed by atoms with E-state index < -0.39 is 5.92 Å². The zero-order valence-corrected chi connectivity index (χ0v) is 10.9. The number of amides is 1. The van der Waals surface area contributed by atoms with Gasteiger partial charge in [0, 0.05) is 31.8 Å². The number of hydrogen-bond acceptors (Lipinski definition) is 1. The van der Waals surface area contributed by atoms with Gasteiger partial charge in [0.05, 0.1) is 0 Å². The van der Waals surface area contributed by atoms with Crippen LogP contribution in [0.4, 0.5) is 8.78 Å². The number of likely N-dealkylation sites (tertiary alicyclic amines) is 1. The van der Waals surface area contributed by atoms with Gasteiger partial charge in [-0.05, 0) is 37.0 Å². The van der Waals surface area contributed by atoms with Crippen LogP contribution in [0.2, 0.25) is 0 Å². The molecule has 1 heterocycles. The van der Waals surface area contributed by atoms with Crippen molar-refractivity contribution in [1.82, 2.24) is 4.90 Å². The van der Waals surface area contributed by atoms with Crippen LogP contribution in [-0.4, -0.2) is 29.3 Å². The van der Waals surface area contributed by atoms with Crippen molar-refractivity contribution in [2.75, 3.05) is 6.54 Å². The summed E-state index contributed by atoms with van der Waals surface area (Å²) in [5, 5.41) is 0. The van der Waals surface area contributed by atoms with E-state index in [4.69, 9.17) is 0 Å². The van der Waals surface area contributed by atoms with E-state index in [1.54, 1.807) is 0 Å². The van der Waals surface area contributed by atoms with Crippen LogP contribution >= 0.6 is 0 Å². The summed E-state index contributed by atoms with van der Waals surface area (Å²) in [4.78, 5) is 14.2. The quantitative estimate of drug-likeness (QED) is 0.744. The third-order valence-electron chi connectivity index (χ3n) is 5.20. The van der Waals surface area contributed by atoms with Crippen LogP contribution in [-0.2, 0) is 4.79 Å². The Labute approximate surface area is 107 Å². The number of fused-ring (bicyclic) bond motifs is 1. The van der Waals surface area contributed by atoms with Crippen molar-refractivity contribution in [2.45, 2.75) is 57.4 Å². The normalized spacial score (nSPS) is 38.6. The van der Waals surface area contributed by atoms with E-state index in [9.17, 15) is 13.6 Å². The average Bonchev–Trinajstić information content (AvgIpc) is 2.77. The van der Waals surface area contributed by atoms with Gasteiger partial charge in [-0.2, -0.15) is 0 Å². The fraction of sp³-hybridized carbons (Fsp3) is 0.929. The van der Waals surface area contributed by atoms with Crippen molar-refractivity contribution in [2.24, 2.45) is 17.8 Å². The van der Waals surface area contributed by atoms with E-state index in [0.717, 1.165) is 18.9 Å². The van der Waals surface area contributed by atoms with E-state index in [1.807, 2.05) is 4.90 Å². The first-order valence-corrected chi connectivity index (χ1v) is 7.15. The van der Waals surface area contributed by atoms with Crippen LogP contribution in [0.1, 0.15) is 45.4 Å². The van der Waals surface area contributed by atoms with E-state index in [-0.39, 0.29) is 24.7 Å². The van der Waals surface area contributed by atoms with E-state index in [2.05, 4.69) is 6.92 Å². The van der Waals surface area contributed by atoms with Crippen LogP contribution in [0.5, 0.6) is 0 Å². The molecule has 2 nitrogen and oxygen atoms in total. The number of carbonyl (C=O) groups is 1. The molecule has 3 aliphatic rings. The van der Waals surface area contributed by atoms with Gasteiger partial charge in [0.25, 0.3) is 0 Å². The summed E-state index contributed by atoms with van der Waals surface area (Å²) in [6.07, 6.45) is 2.58. The molecule has 0 aromatic rings. The summed E-state index contributed by atoms with van der Waals surface area (Å²) in [5.74, 6) is -0.696. The molecule has 0 aromatic heterocycles. The van der Waals surface area contributed by atoms with Crippen LogP contribution in [0.3, 0.4) is 0 Å². The van der Waals surface area contributed by atoms with Crippen molar-refractivity contribution < 1.29 is 13.6 Å². The molecule has 0 spiro atoms. The predicted molar refractivity (Wildman–Crippen MR) is 64.3 cm³/mol. The van der Waals surface area contributed by atoms with Gasteiger partial charge in [-0.15, -0.1) is 0 Å². The Morgan fingerprint density at radius 3 is 2.50 bits per heavy atom. The first kappa shape index (κ1) is 12.4. The number of nitrogens with zero attached hydrogens (tertiary/aromatic N) is 1. The molecule has 2 aliphatic carbocycles. The Hall–Kier alpha value is -0.670. The number of rotatable bonds is 2. The maximum absolute atomic E-state index is 13.0. The second kappa shape index (κ2) is 4.17. The number of hydrogen-bond donors (Lipinski definition) is 0. The molecule has 1 amide bonds. The smallest absolute Gasteiger partial charge is 0.248 e. The highest BCUT2D eigenvalue weighted by Crippen LogP contribution is 2.50. The van der Waals surface area contributed by atoms with Crippen LogP contribution in [0, 0.1) is 17.8 Å². The summed E-state index contributed by atoms with van der Waals surface area (Å²) >= 11 is 0. The van der Waals surface area contributed by atoms with E-state index >= 15 is 0 Å². The van der Waals surface area contributed by atoms with Crippen LogP contribution < -0.4 is 0 Å². The second-order valence-corrected chi connectivity index (χ2v) is 6.39. The van der Waals surface area contributed by atoms with Gasteiger partial charge in [0.2, 0.25) is 11.8 Å². The lowest BCUT2D eigenvalue weighted by atomic mass is 9.84. The summed E-state index contributed by atoms with van der Waals surface area (Å²) in [7, 11) is 0. The standard InChI is InChI=1S/C14H21F2NO/c1-9-11-4-7-17(13(9)11)12(18)8-10-2-5-14(15,16)6-3-10/h9-11,13H,2-8H2,1H3. The average molecular weight is 257 g/mol. The second-order valence-electron chi connectivity index (χ2n) is 6.39. The molecule has 3 rings (SSSR count). The maximum atomic E-state index is 13.0. The highest BCUT2D eigenvalue weighted by molar-refractivity contribution is 5.77. The Morgan fingerprint density at radius 2 is 1.94 bits per heavy atom. The van der Waals surface area contributed by atoms with Crippen LogP contribution in [0.25, 0.3) is 0 Å². The molecule has 3 fully saturated rings. The third-order valence-corrected chi connectivity index (χ3v) is 5.20. The number of alkyl halides is 2. The molecule has 1 saturated heterocycles. The monoisotopic (exact) mass is 257 g/mol. The molecule has 0 bridgehead atoms. The molecule has 0 aromatic carbocycles. The Balaban J connectivity index is 1.50.